The number of β-amino-alcohol motifs (C(OH)–C–C–N with tert-alkyl or cyclic N) is 1. The molecule has 1 aromatic carbocycles. The van der Waals surface area contributed by atoms with Gasteiger partial charge in [-0.15, -0.1) is 5.10 Å². The fourth-order valence-electron chi connectivity index (χ4n) is 3.90. The predicted octanol–water partition coefficient (Wildman–Crippen LogP) is 0.891. The van der Waals surface area contributed by atoms with Crippen molar-refractivity contribution in [3.63, 3.8) is 0 Å². The van der Waals surface area contributed by atoms with Crippen molar-refractivity contribution in [1.82, 2.24) is 29.7 Å². The second-order valence-corrected chi connectivity index (χ2v) is 7.65. The summed E-state index contributed by atoms with van der Waals surface area (Å²) in [7, 11) is 0. The summed E-state index contributed by atoms with van der Waals surface area (Å²) >= 11 is 0. The van der Waals surface area contributed by atoms with Crippen molar-refractivity contribution in [2.75, 3.05) is 48.4 Å². The van der Waals surface area contributed by atoms with Gasteiger partial charge in [0.15, 0.2) is 5.82 Å². The van der Waals surface area contributed by atoms with Crippen molar-refractivity contribution in [3.8, 4) is 5.82 Å². The third-order valence-electron chi connectivity index (χ3n) is 5.44. The van der Waals surface area contributed by atoms with Crippen molar-refractivity contribution in [2.45, 2.75) is 18.9 Å². The molecule has 32 heavy (non-hydrogen) atoms. The van der Waals surface area contributed by atoms with Crippen LogP contribution in [-0.4, -0.2) is 80.1 Å². The fraction of sp³-hybridized carbons (Fsp3) is 0.400. The van der Waals surface area contributed by atoms with Crippen LogP contribution in [0.3, 0.4) is 0 Å². The molecule has 2 saturated heterocycles. The molecule has 2 unspecified atom stereocenters. The van der Waals surface area contributed by atoms with Gasteiger partial charge in [0.25, 0.3) is 5.95 Å². The maximum absolute atomic E-state index is 14.0. The molecule has 0 bridgehead atoms. The molecular formula is C20H24FN9O2. The molecule has 11 nitrogen and oxygen atoms in total. The van der Waals surface area contributed by atoms with E-state index in [2.05, 4.69) is 20.1 Å². The van der Waals surface area contributed by atoms with Gasteiger partial charge >= 0.3 is 0 Å². The molecule has 2 atom stereocenters. The lowest BCUT2D eigenvalue weighted by molar-refractivity contribution is -0.0983. The number of nitrogens with two attached hydrogens (primary N) is 1. The molecule has 0 spiro atoms. The molecular weight excluding hydrogens is 417 g/mol. The van der Waals surface area contributed by atoms with Crippen LogP contribution in [0.1, 0.15) is 6.42 Å². The number of aromatic nitrogens is 5. The summed E-state index contributed by atoms with van der Waals surface area (Å²) in [5.41, 5.74) is 6.97. The van der Waals surface area contributed by atoms with Gasteiger partial charge in [0.2, 0.25) is 12.3 Å². The van der Waals surface area contributed by atoms with E-state index in [1.165, 1.54) is 11.0 Å². The largest absolute Gasteiger partial charge is 0.391 e. The normalized spacial score (nSPS) is 21.8. The minimum atomic E-state index is -1.41. The minimum absolute atomic E-state index is 0.0400. The van der Waals surface area contributed by atoms with Crippen LogP contribution in [0.4, 0.5) is 27.8 Å². The van der Waals surface area contributed by atoms with Crippen molar-refractivity contribution < 1.29 is 14.2 Å². The van der Waals surface area contributed by atoms with Crippen molar-refractivity contribution in [3.05, 3.63) is 42.7 Å². The number of hydrogen-bond donors (Lipinski definition) is 2. The number of aliphatic hydroxyl groups excluding tert-OH is 1. The van der Waals surface area contributed by atoms with Crippen LogP contribution in [0.5, 0.6) is 0 Å². The minimum Gasteiger partial charge on any atom is -0.391 e. The molecule has 0 saturated carbocycles. The van der Waals surface area contributed by atoms with Gasteiger partial charge in [0, 0.05) is 25.7 Å². The first-order chi connectivity index (χ1) is 15.6. The number of anilines is 4. The summed E-state index contributed by atoms with van der Waals surface area (Å²) in [4.78, 5) is 15.0. The zero-order chi connectivity index (χ0) is 22.1. The summed E-state index contributed by atoms with van der Waals surface area (Å²) in [5.74, 6) is 1.55. The average molecular weight is 441 g/mol. The Balaban J connectivity index is 1.49. The number of benzene rings is 1. The molecule has 0 aliphatic carbocycles. The van der Waals surface area contributed by atoms with Gasteiger partial charge in [-0.3, -0.25) is 0 Å². The zero-order valence-electron chi connectivity index (χ0n) is 17.3. The Kier molecular flexibility index (Phi) is 5.55. The van der Waals surface area contributed by atoms with Crippen LogP contribution in [0, 0.1) is 0 Å². The van der Waals surface area contributed by atoms with Crippen LogP contribution < -0.4 is 15.6 Å². The van der Waals surface area contributed by atoms with Crippen LogP contribution in [0.2, 0.25) is 0 Å². The molecule has 4 heterocycles. The quantitative estimate of drug-likeness (QED) is 0.590. The van der Waals surface area contributed by atoms with Crippen molar-refractivity contribution in [2.24, 2.45) is 0 Å². The predicted molar refractivity (Wildman–Crippen MR) is 115 cm³/mol. The number of alkyl halides is 1. The summed E-state index contributed by atoms with van der Waals surface area (Å²) in [5, 5.41) is 17.9. The topological polar surface area (TPSA) is 122 Å². The molecule has 3 N–H and O–H groups in total. The van der Waals surface area contributed by atoms with Crippen LogP contribution in [0.25, 0.3) is 5.82 Å². The second kappa shape index (κ2) is 8.65. The van der Waals surface area contributed by atoms with E-state index in [0.717, 1.165) is 5.69 Å². The lowest BCUT2D eigenvalue weighted by Crippen LogP contribution is -2.49. The molecule has 0 amide bonds. The van der Waals surface area contributed by atoms with E-state index in [0.29, 0.717) is 43.6 Å². The highest BCUT2D eigenvalue weighted by molar-refractivity contribution is 5.57. The van der Waals surface area contributed by atoms with E-state index in [1.54, 1.807) is 16.1 Å². The van der Waals surface area contributed by atoms with E-state index in [1.807, 2.05) is 35.2 Å². The lowest BCUT2D eigenvalue weighted by Gasteiger charge is -2.37. The Morgan fingerprint density at radius 1 is 1.12 bits per heavy atom. The monoisotopic (exact) mass is 441 g/mol. The van der Waals surface area contributed by atoms with E-state index in [-0.39, 0.29) is 25.2 Å². The standard InChI is InChI=1S/C20H24FN9O2/c21-16-12-28(8-9-32-16)30(14-4-2-1-3-5-14)20-25-19(22)29(26-20)18-10-17(23-13-24-18)27-7-6-15(31)11-27/h1-5,10,13,15-16,31H,6-9,11-12H2,(H2,22,25,26). The third kappa shape index (κ3) is 4.07. The van der Waals surface area contributed by atoms with Crippen LogP contribution in [0.15, 0.2) is 42.7 Å². The highest BCUT2D eigenvalue weighted by atomic mass is 19.1. The first-order valence-corrected chi connectivity index (χ1v) is 10.4. The number of nitrogens with zero attached hydrogens (tertiary/aromatic N) is 8. The third-order valence-corrected chi connectivity index (χ3v) is 5.44. The smallest absolute Gasteiger partial charge is 0.266 e. The zero-order valence-corrected chi connectivity index (χ0v) is 17.3. The van der Waals surface area contributed by atoms with E-state index in [4.69, 9.17) is 10.5 Å². The summed E-state index contributed by atoms with van der Waals surface area (Å²) in [6.45, 7) is 1.98. The van der Waals surface area contributed by atoms with Gasteiger partial charge in [-0.05, 0) is 18.6 Å². The number of halogens is 1. The molecule has 168 valence electrons. The van der Waals surface area contributed by atoms with Gasteiger partial charge < -0.3 is 20.5 Å². The van der Waals surface area contributed by atoms with Gasteiger partial charge in [-0.2, -0.15) is 9.67 Å². The Morgan fingerprint density at radius 3 is 2.69 bits per heavy atom. The Bertz CT molecular complexity index is 1070. The van der Waals surface area contributed by atoms with Crippen LogP contribution in [-0.2, 0) is 4.74 Å². The lowest BCUT2D eigenvalue weighted by atomic mass is 10.3. The van der Waals surface area contributed by atoms with Gasteiger partial charge in [0.1, 0.15) is 12.1 Å². The molecule has 2 fully saturated rings. The highest BCUT2D eigenvalue weighted by Crippen LogP contribution is 2.28. The van der Waals surface area contributed by atoms with Crippen molar-refractivity contribution >= 4 is 23.4 Å². The number of ether oxygens (including phenoxy) is 1. The van der Waals surface area contributed by atoms with Crippen LogP contribution >= 0.6 is 0 Å². The maximum atomic E-state index is 14.0. The number of rotatable bonds is 5. The number of aliphatic hydroxyl groups is 1. The molecule has 12 heteroatoms. The Morgan fingerprint density at radius 2 is 1.94 bits per heavy atom. The number of hydrogen-bond acceptors (Lipinski definition) is 10. The number of para-hydroxylation sites is 1. The maximum Gasteiger partial charge on any atom is 0.266 e. The van der Waals surface area contributed by atoms with Crippen molar-refractivity contribution in [1.29, 1.82) is 0 Å². The van der Waals surface area contributed by atoms with Gasteiger partial charge in [-0.1, -0.05) is 18.2 Å². The van der Waals surface area contributed by atoms with E-state index in [9.17, 15) is 9.50 Å². The fourth-order valence-corrected chi connectivity index (χ4v) is 3.90. The highest BCUT2D eigenvalue weighted by Gasteiger charge is 2.29. The molecule has 3 aromatic rings. The average Bonchev–Trinajstić information content (AvgIpc) is 3.41. The first kappa shape index (κ1) is 20.5. The molecule has 0 radical (unpaired) electrons. The van der Waals surface area contributed by atoms with Gasteiger partial charge in [0.05, 0.1) is 24.9 Å². The summed E-state index contributed by atoms with van der Waals surface area (Å²) < 4.78 is 20.5. The van der Waals surface area contributed by atoms with Gasteiger partial charge in [-0.25, -0.2) is 24.4 Å². The SMILES string of the molecule is Nc1nc(N(c2ccccc2)N2CCOC(F)C2)nn1-c1cc(N2CCC(O)C2)ncn1. The number of nitrogen functional groups attached to an aromatic ring is 1. The van der Waals surface area contributed by atoms with E-state index < -0.39 is 6.36 Å². The summed E-state index contributed by atoms with van der Waals surface area (Å²) in [6, 6.07) is 11.2. The van der Waals surface area contributed by atoms with E-state index >= 15 is 0 Å². The summed E-state index contributed by atoms with van der Waals surface area (Å²) in [6.07, 6.45) is 0.343. The molecule has 5 rings (SSSR count). The Labute approximate surface area is 183 Å². The Hall–Kier alpha value is -3.35. The molecule has 2 aliphatic rings. The number of hydrazine groups is 1. The molecule has 2 aliphatic heterocycles. The molecule has 2 aromatic heterocycles. The first-order valence-electron chi connectivity index (χ1n) is 10.4. The second-order valence-electron chi connectivity index (χ2n) is 7.65. The number of morpholine rings is 1.